The molecule has 2 saturated heterocycles. The van der Waals surface area contributed by atoms with Gasteiger partial charge in [0.2, 0.25) is 0 Å². The van der Waals surface area contributed by atoms with Gasteiger partial charge in [0.1, 0.15) is 6.10 Å². The van der Waals surface area contributed by atoms with Crippen molar-refractivity contribution >= 4 is 5.97 Å². The molecule has 2 aliphatic heterocycles. The molecule has 0 aromatic rings. The largest absolute Gasteiger partial charge is 0.457 e. The monoisotopic (exact) mass is 186 g/mol. The molecule has 74 valence electrons. The number of esters is 1. The Morgan fingerprint density at radius 2 is 2.15 bits per heavy atom. The van der Waals surface area contributed by atoms with E-state index >= 15 is 0 Å². The zero-order valence-electron chi connectivity index (χ0n) is 7.60. The van der Waals surface area contributed by atoms with Crippen LogP contribution in [0.25, 0.3) is 0 Å². The average Bonchev–Trinajstić information content (AvgIpc) is 2.30. The maximum atomic E-state index is 10.7. The van der Waals surface area contributed by atoms with Crippen LogP contribution < -0.4 is 0 Å². The summed E-state index contributed by atoms with van der Waals surface area (Å²) in [5.41, 5.74) is 0. The van der Waals surface area contributed by atoms with Gasteiger partial charge in [0.15, 0.2) is 6.10 Å². The Kier molecular flexibility index (Phi) is 2.26. The van der Waals surface area contributed by atoms with E-state index in [1.807, 2.05) is 0 Å². The highest BCUT2D eigenvalue weighted by molar-refractivity contribution is 5.66. The van der Waals surface area contributed by atoms with E-state index in [0.717, 1.165) is 19.3 Å². The van der Waals surface area contributed by atoms with Crippen LogP contribution in [0.5, 0.6) is 0 Å². The van der Waals surface area contributed by atoms with Gasteiger partial charge in [-0.15, -0.1) is 0 Å². The van der Waals surface area contributed by atoms with Crippen LogP contribution in [0, 0.1) is 0 Å². The van der Waals surface area contributed by atoms with Gasteiger partial charge in [0.05, 0.1) is 12.2 Å². The number of aliphatic hydroxyl groups is 1. The number of carbonyl (C=O) groups is 1. The van der Waals surface area contributed by atoms with E-state index in [4.69, 9.17) is 9.47 Å². The fraction of sp³-hybridized carbons (Fsp3) is 0.889. The molecule has 1 N–H and O–H groups in total. The first-order valence-corrected chi connectivity index (χ1v) is 4.69. The van der Waals surface area contributed by atoms with Crippen LogP contribution in [0.4, 0.5) is 0 Å². The van der Waals surface area contributed by atoms with Gasteiger partial charge in [-0.05, 0) is 19.3 Å². The second kappa shape index (κ2) is 3.27. The Hall–Kier alpha value is -0.610. The second-order valence-corrected chi connectivity index (χ2v) is 3.71. The molecule has 2 heterocycles. The molecule has 4 atom stereocenters. The van der Waals surface area contributed by atoms with Crippen molar-refractivity contribution in [2.24, 2.45) is 0 Å². The van der Waals surface area contributed by atoms with Crippen LogP contribution >= 0.6 is 0 Å². The first kappa shape index (κ1) is 8.97. The summed E-state index contributed by atoms with van der Waals surface area (Å²) in [5, 5.41) is 9.71. The molecule has 0 unspecified atom stereocenters. The van der Waals surface area contributed by atoms with E-state index in [0.29, 0.717) is 0 Å². The van der Waals surface area contributed by atoms with Crippen LogP contribution in [-0.2, 0) is 14.3 Å². The average molecular weight is 186 g/mol. The predicted octanol–water partition coefficient (Wildman–Crippen LogP) is 0.230. The molecule has 0 spiro atoms. The first-order valence-electron chi connectivity index (χ1n) is 4.69. The second-order valence-electron chi connectivity index (χ2n) is 3.71. The van der Waals surface area contributed by atoms with Gasteiger partial charge >= 0.3 is 5.97 Å². The summed E-state index contributed by atoms with van der Waals surface area (Å²) >= 11 is 0. The highest BCUT2D eigenvalue weighted by Gasteiger charge is 2.47. The third-order valence-electron chi connectivity index (χ3n) is 2.71. The van der Waals surface area contributed by atoms with Crippen molar-refractivity contribution < 1.29 is 19.4 Å². The standard InChI is InChI=1S/C9H14O4/c1-5(10)12-9-7-4-2-3-6(13-7)8(9)11/h6-9,11H,2-4H2,1H3/t6-,7+,8+,9+/m1/s1. The fourth-order valence-electron chi connectivity index (χ4n) is 2.14. The normalized spacial score (nSPS) is 43.2. The minimum Gasteiger partial charge on any atom is -0.457 e. The van der Waals surface area contributed by atoms with Crippen molar-refractivity contribution in [2.45, 2.75) is 50.6 Å². The quantitative estimate of drug-likeness (QED) is 0.595. The van der Waals surface area contributed by atoms with E-state index < -0.39 is 12.2 Å². The minimum atomic E-state index is -0.628. The number of hydrogen-bond donors (Lipinski definition) is 1. The Morgan fingerprint density at radius 1 is 1.46 bits per heavy atom. The van der Waals surface area contributed by atoms with Crippen LogP contribution in [-0.4, -0.2) is 35.5 Å². The number of hydrogen-bond acceptors (Lipinski definition) is 4. The van der Waals surface area contributed by atoms with Gasteiger partial charge in [0, 0.05) is 6.92 Å². The molecule has 0 radical (unpaired) electrons. The number of rotatable bonds is 1. The number of carbonyl (C=O) groups excluding carboxylic acids is 1. The molecule has 4 heteroatoms. The molecule has 2 aliphatic rings. The molecule has 2 bridgehead atoms. The van der Waals surface area contributed by atoms with Gasteiger partial charge < -0.3 is 14.6 Å². The summed E-state index contributed by atoms with van der Waals surface area (Å²) in [4.78, 5) is 10.7. The Labute approximate surface area is 76.8 Å². The van der Waals surface area contributed by atoms with Crippen LogP contribution in [0.1, 0.15) is 26.2 Å². The van der Waals surface area contributed by atoms with Crippen molar-refractivity contribution in [3.63, 3.8) is 0 Å². The summed E-state index contributed by atoms with van der Waals surface area (Å²) < 4.78 is 10.5. The molecular weight excluding hydrogens is 172 g/mol. The molecule has 2 fully saturated rings. The molecule has 4 nitrogen and oxygen atoms in total. The fourth-order valence-corrected chi connectivity index (χ4v) is 2.14. The van der Waals surface area contributed by atoms with Crippen molar-refractivity contribution in [2.75, 3.05) is 0 Å². The lowest BCUT2D eigenvalue weighted by Gasteiger charge is -2.20. The summed E-state index contributed by atoms with van der Waals surface area (Å²) in [6.45, 7) is 1.36. The smallest absolute Gasteiger partial charge is 0.303 e. The van der Waals surface area contributed by atoms with Crippen molar-refractivity contribution in [3.05, 3.63) is 0 Å². The number of aliphatic hydroxyl groups excluding tert-OH is 1. The van der Waals surface area contributed by atoms with E-state index in [-0.39, 0.29) is 18.2 Å². The zero-order valence-corrected chi connectivity index (χ0v) is 7.60. The van der Waals surface area contributed by atoms with Crippen LogP contribution in [0.15, 0.2) is 0 Å². The minimum absolute atomic E-state index is 0.0855. The lowest BCUT2D eigenvalue weighted by atomic mass is 10.1. The first-order chi connectivity index (χ1) is 6.18. The van der Waals surface area contributed by atoms with Gasteiger partial charge in [-0.3, -0.25) is 4.79 Å². The summed E-state index contributed by atoms with van der Waals surface area (Å²) in [5.74, 6) is -0.347. The zero-order chi connectivity index (χ0) is 9.42. The Balaban J connectivity index is 2.05. The number of ether oxygens (including phenoxy) is 2. The van der Waals surface area contributed by atoms with Crippen molar-refractivity contribution in [1.82, 2.24) is 0 Å². The lowest BCUT2D eigenvalue weighted by Crippen LogP contribution is -2.34. The molecule has 0 amide bonds. The number of fused-ring (bicyclic) bond motifs is 2. The van der Waals surface area contributed by atoms with E-state index in [1.165, 1.54) is 6.92 Å². The van der Waals surface area contributed by atoms with Crippen molar-refractivity contribution in [1.29, 1.82) is 0 Å². The lowest BCUT2D eigenvalue weighted by molar-refractivity contribution is -0.152. The maximum Gasteiger partial charge on any atom is 0.303 e. The molecular formula is C9H14O4. The Morgan fingerprint density at radius 3 is 2.77 bits per heavy atom. The topological polar surface area (TPSA) is 55.8 Å². The van der Waals surface area contributed by atoms with Gasteiger partial charge in [-0.1, -0.05) is 0 Å². The van der Waals surface area contributed by atoms with Gasteiger partial charge in [-0.2, -0.15) is 0 Å². The summed E-state index contributed by atoms with van der Waals surface area (Å²) in [6.07, 6.45) is 1.52. The Bertz CT molecular complexity index is 214. The van der Waals surface area contributed by atoms with Gasteiger partial charge in [0.25, 0.3) is 0 Å². The van der Waals surface area contributed by atoms with Crippen LogP contribution in [0.2, 0.25) is 0 Å². The highest BCUT2D eigenvalue weighted by Crippen LogP contribution is 2.34. The highest BCUT2D eigenvalue weighted by atomic mass is 16.6. The maximum absolute atomic E-state index is 10.7. The molecule has 2 rings (SSSR count). The van der Waals surface area contributed by atoms with Gasteiger partial charge in [-0.25, -0.2) is 0 Å². The van der Waals surface area contributed by atoms with Crippen LogP contribution in [0.3, 0.4) is 0 Å². The third kappa shape index (κ3) is 1.56. The third-order valence-corrected chi connectivity index (χ3v) is 2.71. The molecule has 0 aromatic heterocycles. The summed E-state index contributed by atoms with van der Waals surface area (Å²) in [7, 11) is 0. The van der Waals surface area contributed by atoms with E-state index in [9.17, 15) is 9.90 Å². The predicted molar refractivity (Wildman–Crippen MR) is 44.1 cm³/mol. The SMILES string of the molecule is CC(=O)O[C@@H]1[C@@H](O)[C@H]2CCC[C@@H]1O2. The van der Waals surface area contributed by atoms with E-state index in [1.54, 1.807) is 0 Å². The molecule has 0 aromatic carbocycles. The molecule has 0 saturated carbocycles. The molecule has 0 aliphatic carbocycles. The summed E-state index contributed by atoms with van der Waals surface area (Å²) in [6, 6.07) is 0. The van der Waals surface area contributed by atoms with E-state index in [2.05, 4.69) is 0 Å². The van der Waals surface area contributed by atoms with Crippen molar-refractivity contribution in [3.8, 4) is 0 Å². The molecule has 13 heavy (non-hydrogen) atoms.